The predicted octanol–water partition coefficient (Wildman–Crippen LogP) is 2.94. The van der Waals surface area contributed by atoms with Gasteiger partial charge in [0, 0.05) is 11.3 Å². The summed E-state index contributed by atoms with van der Waals surface area (Å²) in [5, 5.41) is 2.74. The molecule has 0 aliphatic heterocycles. The SMILES string of the molecule is C=C/C(=C/C)C(=O)NC(=C)CCCC. The highest BCUT2D eigenvalue weighted by molar-refractivity contribution is 5.96. The summed E-state index contributed by atoms with van der Waals surface area (Å²) in [7, 11) is 0. The first-order valence-electron chi connectivity index (χ1n) is 4.93. The number of carbonyl (C=O) groups excluding carboxylic acids is 1. The number of unbranched alkanes of at least 4 members (excludes halogenated alkanes) is 1. The van der Waals surface area contributed by atoms with Crippen LogP contribution in [0.3, 0.4) is 0 Å². The Morgan fingerprint density at radius 2 is 2.14 bits per heavy atom. The van der Waals surface area contributed by atoms with Crippen molar-refractivity contribution in [3.63, 3.8) is 0 Å². The molecule has 1 amide bonds. The van der Waals surface area contributed by atoms with E-state index in [1.54, 1.807) is 12.2 Å². The van der Waals surface area contributed by atoms with Gasteiger partial charge in [-0.3, -0.25) is 4.79 Å². The molecule has 0 bridgehead atoms. The Morgan fingerprint density at radius 1 is 1.50 bits per heavy atom. The number of amides is 1. The third kappa shape index (κ3) is 4.65. The first-order chi connectivity index (χ1) is 6.65. The van der Waals surface area contributed by atoms with Gasteiger partial charge in [0.1, 0.15) is 0 Å². The molecule has 0 saturated heterocycles. The first kappa shape index (κ1) is 12.7. The second kappa shape index (κ2) is 7.13. The molecule has 0 unspecified atom stereocenters. The fourth-order valence-corrected chi connectivity index (χ4v) is 1.03. The van der Waals surface area contributed by atoms with Crippen molar-refractivity contribution in [2.24, 2.45) is 0 Å². The normalized spacial score (nSPS) is 10.9. The van der Waals surface area contributed by atoms with Gasteiger partial charge in [-0.1, -0.05) is 38.7 Å². The van der Waals surface area contributed by atoms with Crippen LogP contribution in [0.2, 0.25) is 0 Å². The summed E-state index contributed by atoms with van der Waals surface area (Å²) >= 11 is 0. The van der Waals surface area contributed by atoms with Crippen molar-refractivity contribution in [2.45, 2.75) is 33.1 Å². The lowest BCUT2D eigenvalue weighted by molar-refractivity contribution is -0.116. The second-order valence-corrected chi connectivity index (χ2v) is 3.11. The van der Waals surface area contributed by atoms with Gasteiger partial charge in [0.25, 0.3) is 5.91 Å². The summed E-state index contributed by atoms with van der Waals surface area (Å²) in [5.41, 5.74) is 1.36. The molecule has 0 aromatic heterocycles. The van der Waals surface area contributed by atoms with E-state index in [0.29, 0.717) is 5.57 Å². The van der Waals surface area contributed by atoms with Gasteiger partial charge in [-0.25, -0.2) is 0 Å². The molecule has 0 saturated carbocycles. The standard InChI is InChI=1S/C12H19NO/c1-5-8-9-10(4)13-12(14)11(6-2)7-3/h6-7H,2,4-5,8-9H2,1,3H3,(H,13,14)/b11-7-. The van der Waals surface area contributed by atoms with E-state index in [1.807, 2.05) is 6.92 Å². The minimum Gasteiger partial charge on any atom is -0.326 e. The quantitative estimate of drug-likeness (QED) is 0.510. The minimum absolute atomic E-state index is 0.122. The average Bonchev–Trinajstić information content (AvgIpc) is 2.16. The van der Waals surface area contributed by atoms with E-state index in [4.69, 9.17) is 0 Å². The maximum Gasteiger partial charge on any atom is 0.255 e. The van der Waals surface area contributed by atoms with Crippen LogP contribution >= 0.6 is 0 Å². The maximum absolute atomic E-state index is 11.5. The summed E-state index contributed by atoms with van der Waals surface area (Å²) in [6.07, 6.45) is 6.28. The number of rotatable bonds is 6. The van der Waals surface area contributed by atoms with Crippen LogP contribution in [0.1, 0.15) is 33.1 Å². The van der Waals surface area contributed by atoms with Crippen molar-refractivity contribution in [2.75, 3.05) is 0 Å². The summed E-state index contributed by atoms with van der Waals surface area (Å²) in [6.45, 7) is 11.3. The molecule has 0 rings (SSSR count). The molecule has 0 fully saturated rings. The number of hydrogen-bond acceptors (Lipinski definition) is 1. The van der Waals surface area contributed by atoms with Crippen LogP contribution in [0.5, 0.6) is 0 Å². The highest BCUT2D eigenvalue weighted by atomic mass is 16.1. The highest BCUT2D eigenvalue weighted by Crippen LogP contribution is 2.03. The maximum atomic E-state index is 11.5. The molecule has 2 heteroatoms. The van der Waals surface area contributed by atoms with Gasteiger partial charge < -0.3 is 5.32 Å². The van der Waals surface area contributed by atoms with Crippen LogP contribution in [-0.2, 0) is 4.79 Å². The van der Waals surface area contributed by atoms with Gasteiger partial charge in [-0.2, -0.15) is 0 Å². The Balaban J connectivity index is 4.05. The molecular weight excluding hydrogens is 174 g/mol. The van der Waals surface area contributed by atoms with E-state index in [0.717, 1.165) is 25.0 Å². The Kier molecular flexibility index (Phi) is 6.46. The molecule has 0 radical (unpaired) electrons. The third-order valence-corrected chi connectivity index (χ3v) is 1.92. The molecular formula is C12H19NO. The van der Waals surface area contributed by atoms with Crippen molar-refractivity contribution in [3.8, 4) is 0 Å². The van der Waals surface area contributed by atoms with Crippen molar-refractivity contribution < 1.29 is 4.79 Å². The van der Waals surface area contributed by atoms with Crippen LogP contribution in [0.4, 0.5) is 0 Å². The van der Waals surface area contributed by atoms with Gasteiger partial charge in [-0.15, -0.1) is 0 Å². The van der Waals surface area contributed by atoms with E-state index in [9.17, 15) is 4.79 Å². The molecule has 0 aromatic carbocycles. The molecule has 0 aliphatic rings. The van der Waals surface area contributed by atoms with Crippen molar-refractivity contribution in [1.82, 2.24) is 5.32 Å². The molecule has 0 spiro atoms. The lowest BCUT2D eigenvalue weighted by Gasteiger charge is -2.07. The van der Waals surface area contributed by atoms with Crippen LogP contribution in [0.25, 0.3) is 0 Å². The van der Waals surface area contributed by atoms with E-state index in [2.05, 4.69) is 25.4 Å². The molecule has 0 atom stereocenters. The van der Waals surface area contributed by atoms with Gasteiger partial charge in [0.05, 0.1) is 0 Å². The Hall–Kier alpha value is -1.31. The van der Waals surface area contributed by atoms with E-state index in [-0.39, 0.29) is 5.91 Å². The van der Waals surface area contributed by atoms with E-state index in [1.165, 1.54) is 0 Å². The van der Waals surface area contributed by atoms with Gasteiger partial charge in [0.2, 0.25) is 0 Å². The topological polar surface area (TPSA) is 29.1 Å². The Labute approximate surface area is 86.4 Å². The minimum atomic E-state index is -0.122. The number of allylic oxidation sites excluding steroid dienone is 2. The number of carbonyl (C=O) groups is 1. The van der Waals surface area contributed by atoms with Crippen molar-refractivity contribution >= 4 is 5.91 Å². The molecule has 0 heterocycles. The lowest BCUT2D eigenvalue weighted by atomic mass is 10.2. The summed E-state index contributed by atoms with van der Waals surface area (Å²) in [6, 6.07) is 0. The molecule has 1 N–H and O–H groups in total. The second-order valence-electron chi connectivity index (χ2n) is 3.11. The van der Waals surface area contributed by atoms with Gasteiger partial charge >= 0.3 is 0 Å². The molecule has 0 aromatic rings. The molecule has 2 nitrogen and oxygen atoms in total. The van der Waals surface area contributed by atoms with Crippen LogP contribution < -0.4 is 5.32 Å². The molecule has 14 heavy (non-hydrogen) atoms. The van der Waals surface area contributed by atoms with E-state index >= 15 is 0 Å². The van der Waals surface area contributed by atoms with Crippen molar-refractivity contribution in [3.05, 3.63) is 36.6 Å². The molecule has 78 valence electrons. The number of nitrogens with one attached hydrogen (secondary N) is 1. The predicted molar refractivity (Wildman–Crippen MR) is 60.8 cm³/mol. The smallest absolute Gasteiger partial charge is 0.255 e. The zero-order valence-electron chi connectivity index (χ0n) is 9.10. The van der Waals surface area contributed by atoms with Crippen LogP contribution in [0.15, 0.2) is 36.6 Å². The summed E-state index contributed by atoms with van der Waals surface area (Å²) in [4.78, 5) is 11.5. The zero-order valence-corrected chi connectivity index (χ0v) is 9.10. The van der Waals surface area contributed by atoms with E-state index < -0.39 is 0 Å². The van der Waals surface area contributed by atoms with Crippen LogP contribution in [0, 0.1) is 0 Å². The van der Waals surface area contributed by atoms with Gasteiger partial charge in [0.15, 0.2) is 0 Å². The van der Waals surface area contributed by atoms with Crippen LogP contribution in [-0.4, -0.2) is 5.91 Å². The Morgan fingerprint density at radius 3 is 2.57 bits per heavy atom. The summed E-state index contributed by atoms with van der Waals surface area (Å²) < 4.78 is 0. The average molecular weight is 193 g/mol. The van der Waals surface area contributed by atoms with Crippen molar-refractivity contribution in [1.29, 1.82) is 0 Å². The monoisotopic (exact) mass is 193 g/mol. The number of hydrogen-bond donors (Lipinski definition) is 1. The fraction of sp³-hybridized carbons (Fsp3) is 0.417. The molecule has 0 aliphatic carbocycles. The van der Waals surface area contributed by atoms with Gasteiger partial charge in [-0.05, 0) is 19.8 Å². The third-order valence-electron chi connectivity index (χ3n) is 1.92. The Bertz CT molecular complexity index is 251. The zero-order chi connectivity index (χ0) is 11.0. The summed E-state index contributed by atoms with van der Waals surface area (Å²) in [5.74, 6) is -0.122. The lowest BCUT2D eigenvalue weighted by Crippen LogP contribution is -2.23. The highest BCUT2D eigenvalue weighted by Gasteiger charge is 2.04. The largest absolute Gasteiger partial charge is 0.326 e. The fourth-order valence-electron chi connectivity index (χ4n) is 1.03. The first-order valence-corrected chi connectivity index (χ1v) is 4.93.